The quantitative estimate of drug-likeness (QED) is 0.282. The molecule has 2 rings (SSSR count). The van der Waals surface area contributed by atoms with Gasteiger partial charge in [-0.2, -0.15) is 0 Å². The predicted molar refractivity (Wildman–Crippen MR) is 118 cm³/mol. The number of hydrogen-bond donors (Lipinski definition) is 2. The number of benzene rings is 2. The Morgan fingerprint density at radius 3 is 1.45 bits per heavy atom. The summed E-state index contributed by atoms with van der Waals surface area (Å²) in [7, 11) is 9.47. The first-order valence-electron chi connectivity index (χ1n) is 8.78. The molecule has 0 fully saturated rings. The van der Waals surface area contributed by atoms with Gasteiger partial charge in [0.1, 0.15) is 11.5 Å². The third-order valence-corrected chi connectivity index (χ3v) is 3.92. The van der Waals surface area contributed by atoms with Crippen LogP contribution >= 0.6 is 20.3 Å². The van der Waals surface area contributed by atoms with Crippen molar-refractivity contribution in [3.05, 3.63) is 57.6 Å². The fraction of sp³-hybridized carbons (Fsp3) is 0.238. The summed E-state index contributed by atoms with van der Waals surface area (Å²) in [6.07, 6.45) is 4.99. The Morgan fingerprint density at radius 2 is 1.13 bits per heavy atom. The molecule has 6 nitrogen and oxygen atoms in total. The molecule has 0 unspecified atom stereocenters. The fourth-order valence-electron chi connectivity index (χ4n) is 2.63. The zero-order valence-electron chi connectivity index (χ0n) is 16.8. The summed E-state index contributed by atoms with van der Waals surface area (Å²) in [6, 6.07) is 6.75. The number of aliphatic imine (C=N–C) groups is 2. The van der Waals surface area contributed by atoms with Crippen molar-refractivity contribution in [2.75, 3.05) is 13.1 Å². The van der Waals surface area contributed by atoms with Crippen LogP contribution in [0.15, 0.2) is 34.3 Å². The summed E-state index contributed by atoms with van der Waals surface area (Å²) in [6.45, 7) is 4.69. The average molecular weight is 555 g/mol. The van der Waals surface area contributed by atoms with Gasteiger partial charge in [-0.25, -0.2) is 0 Å². The zero-order valence-corrected chi connectivity index (χ0v) is 20.4. The van der Waals surface area contributed by atoms with E-state index < -0.39 is 0 Å². The third-order valence-electron chi connectivity index (χ3n) is 3.92. The number of phenols is 2. The van der Waals surface area contributed by atoms with Gasteiger partial charge in [-0.1, -0.05) is 0 Å². The summed E-state index contributed by atoms with van der Waals surface area (Å²) in [5, 5.41) is 20.0. The molecule has 0 aromatic heterocycles. The second-order valence-corrected chi connectivity index (χ2v) is 8.01. The van der Waals surface area contributed by atoms with Crippen molar-refractivity contribution < 1.29 is 49.5 Å². The van der Waals surface area contributed by atoms with Crippen LogP contribution in [0, 0.1) is 13.8 Å². The van der Waals surface area contributed by atoms with Crippen LogP contribution in [-0.2, 0) is 29.7 Å². The molecular formula is C21H22Cl2Co2N2O4. The Labute approximate surface area is 206 Å². The molecule has 0 aliphatic heterocycles. The predicted octanol–water partition coefficient (Wildman–Crippen LogP) is 4.64. The fourth-order valence-corrected chi connectivity index (χ4v) is 2.63. The second kappa shape index (κ2) is 16.0. The van der Waals surface area contributed by atoms with Crippen LogP contribution in [0.2, 0.25) is 0 Å². The molecule has 0 aliphatic carbocycles. The largest absolute Gasteiger partial charge is 0 e. The van der Waals surface area contributed by atoms with E-state index in [9.17, 15) is 19.8 Å². The maximum Gasteiger partial charge on any atom is 0 e. The van der Waals surface area contributed by atoms with E-state index in [2.05, 4.69) is 9.98 Å². The summed E-state index contributed by atoms with van der Waals surface area (Å²) in [5.41, 5.74) is 3.24. The van der Waals surface area contributed by atoms with E-state index in [4.69, 9.17) is 20.3 Å². The number of carbonyl (C=O) groups is 2. The molecule has 0 atom stereocenters. The van der Waals surface area contributed by atoms with Gasteiger partial charge in [0.25, 0.3) is 0 Å². The number of rotatable bonds is 8. The standard InChI is InChI=1S/C21H22N2O4.2ClH.2Co/c1-14-6-16(20(26)18(8-14)12-24)10-22-4-3-5-23-11-17-7-15(2)9-19(13-25)21(17)27;;;;/h6-13,26-27H,3-5H2,1-2H3;2*1H;;/q;;;;+2/p-2. The Kier molecular flexibility index (Phi) is 15.1. The van der Waals surface area contributed by atoms with Crippen molar-refractivity contribution in [3.63, 3.8) is 0 Å². The molecule has 2 aromatic carbocycles. The Bertz CT molecular complexity index is 865. The summed E-state index contributed by atoms with van der Waals surface area (Å²) in [5.74, 6) is -0.142. The second-order valence-electron chi connectivity index (χ2n) is 6.29. The van der Waals surface area contributed by atoms with Crippen LogP contribution in [0.1, 0.15) is 49.4 Å². The third kappa shape index (κ3) is 9.98. The molecule has 2 aromatic rings. The van der Waals surface area contributed by atoms with Crippen LogP contribution < -0.4 is 0 Å². The monoisotopic (exact) mass is 554 g/mol. The number of aryl methyl sites for hydroxylation is 2. The van der Waals surface area contributed by atoms with Crippen molar-refractivity contribution >= 4 is 45.3 Å². The average Bonchev–Trinajstić information content (AvgIpc) is 2.72. The molecule has 0 heterocycles. The normalized spacial score (nSPS) is 10.6. The first-order valence-corrected chi connectivity index (χ1v) is 11.6. The van der Waals surface area contributed by atoms with Gasteiger partial charge < -0.3 is 10.2 Å². The molecule has 0 bridgehead atoms. The van der Waals surface area contributed by atoms with Gasteiger partial charge in [0, 0.05) is 53.4 Å². The van der Waals surface area contributed by atoms with E-state index in [-0.39, 0.29) is 39.4 Å². The van der Waals surface area contributed by atoms with Crippen LogP contribution in [0.4, 0.5) is 0 Å². The van der Waals surface area contributed by atoms with E-state index >= 15 is 0 Å². The van der Waals surface area contributed by atoms with Gasteiger partial charge in [0.05, 0.1) is 11.1 Å². The summed E-state index contributed by atoms with van der Waals surface area (Å²) >= 11 is 0.382. The molecule has 0 amide bonds. The van der Waals surface area contributed by atoms with Crippen molar-refractivity contribution in [1.29, 1.82) is 0 Å². The molecule has 10 heteroatoms. The van der Waals surface area contributed by atoms with Gasteiger partial charge >= 0.3 is 33.2 Å². The first-order chi connectivity index (χ1) is 14.4. The van der Waals surface area contributed by atoms with Crippen LogP contribution in [0.5, 0.6) is 11.5 Å². The van der Waals surface area contributed by atoms with E-state index in [1.807, 2.05) is 13.8 Å². The zero-order chi connectivity index (χ0) is 22.5. The van der Waals surface area contributed by atoms with Crippen molar-refractivity contribution in [1.82, 2.24) is 0 Å². The maximum absolute atomic E-state index is 10.9. The van der Waals surface area contributed by atoms with Crippen LogP contribution in [-0.4, -0.2) is 48.3 Å². The number of aromatic hydroxyl groups is 2. The minimum atomic E-state index is -0.0710. The minimum absolute atomic E-state index is 0. The summed E-state index contributed by atoms with van der Waals surface area (Å²) < 4.78 is 0. The molecule has 0 spiro atoms. The minimum Gasteiger partial charge on any atom is 0 e. The molecule has 172 valence electrons. The van der Waals surface area contributed by atoms with Crippen molar-refractivity contribution in [2.24, 2.45) is 9.98 Å². The number of halogens is 2. The Balaban J connectivity index is 0.00000212. The van der Waals surface area contributed by atoms with Crippen LogP contribution in [0.3, 0.4) is 0 Å². The van der Waals surface area contributed by atoms with E-state index in [1.54, 1.807) is 36.7 Å². The number of hydrogen-bond acceptors (Lipinski definition) is 6. The molecule has 2 N–H and O–H groups in total. The molecule has 0 saturated carbocycles. The number of aldehydes is 2. The SMILES string of the molecule is Cc1cc(C=O)c(O)c(C=NCCCN=Cc2cc(C)cc(C=O)c2O)c1.[Cl][Co][Cl].[Co]. The number of nitrogens with zero attached hydrogens (tertiary/aromatic N) is 2. The Morgan fingerprint density at radius 1 is 0.806 bits per heavy atom. The van der Waals surface area contributed by atoms with Crippen LogP contribution in [0.25, 0.3) is 0 Å². The Hall–Kier alpha value is -1.69. The first kappa shape index (κ1) is 29.3. The number of carbonyl (C=O) groups excluding carboxylic acids is 2. The van der Waals surface area contributed by atoms with Gasteiger partial charge in [-0.15, -0.1) is 0 Å². The molecule has 0 aliphatic rings. The molecule has 0 saturated heterocycles. The van der Waals surface area contributed by atoms with E-state index in [1.165, 1.54) is 0 Å². The van der Waals surface area contributed by atoms with Gasteiger partial charge in [0.2, 0.25) is 0 Å². The van der Waals surface area contributed by atoms with Crippen molar-refractivity contribution in [3.8, 4) is 11.5 Å². The van der Waals surface area contributed by atoms with Crippen molar-refractivity contribution in [2.45, 2.75) is 20.3 Å². The molecule has 1 radical (unpaired) electrons. The van der Waals surface area contributed by atoms with Gasteiger partial charge in [0.15, 0.2) is 12.6 Å². The van der Waals surface area contributed by atoms with Gasteiger partial charge in [-0.3, -0.25) is 19.6 Å². The maximum atomic E-state index is 10.9. The van der Waals surface area contributed by atoms with Gasteiger partial charge in [-0.05, 0) is 55.7 Å². The van der Waals surface area contributed by atoms with E-state index in [0.29, 0.717) is 56.1 Å². The van der Waals surface area contributed by atoms with E-state index in [0.717, 1.165) is 11.1 Å². The smallest absolute Gasteiger partial charge is 0 e. The summed E-state index contributed by atoms with van der Waals surface area (Å²) in [4.78, 5) is 30.4. The number of phenolic OH excluding ortho intramolecular Hbond substituents is 2. The molecule has 31 heavy (non-hydrogen) atoms. The topological polar surface area (TPSA) is 99.3 Å². The molecular weight excluding hydrogens is 533 g/mol.